The fourth-order valence-corrected chi connectivity index (χ4v) is 3.02. The van der Waals surface area contributed by atoms with Crippen molar-refractivity contribution >= 4 is 0 Å². The second kappa shape index (κ2) is 12.5. The molecule has 0 aliphatic carbocycles. The van der Waals surface area contributed by atoms with E-state index in [0.29, 0.717) is 0 Å². The Morgan fingerprint density at radius 1 is 0.731 bits per heavy atom. The maximum Gasteiger partial charge on any atom is 0.159 e. The molecule has 1 heterocycles. The molecule has 0 N–H and O–H groups in total. The average Bonchev–Trinajstić information content (AvgIpc) is 2.67. The number of hydrogen-bond donors (Lipinski definition) is 0. The van der Waals surface area contributed by atoms with Gasteiger partial charge in [-0.3, -0.25) is 0 Å². The van der Waals surface area contributed by atoms with Crippen LogP contribution in [-0.4, -0.2) is 16.6 Å². The Bertz CT molecular complexity index is 593. The zero-order chi connectivity index (χ0) is 18.5. The van der Waals surface area contributed by atoms with Crippen LogP contribution >= 0.6 is 0 Å². The van der Waals surface area contributed by atoms with Crippen molar-refractivity contribution in [2.75, 3.05) is 6.61 Å². The minimum Gasteiger partial charge on any atom is -0.490 e. The van der Waals surface area contributed by atoms with E-state index >= 15 is 0 Å². The molecule has 3 nitrogen and oxygen atoms in total. The van der Waals surface area contributed by atoms with Gasteiger partial charge in [-0.05, 0) is 13.3 Å². The van der Waals surface area contributed by atoms with Crippen molar-refractivity contribution in [2.45, 2.75) is 78.1 Å². The Hall–Kier alpha value is -1.90. The quantitative estimate of drug-likeness (QED) is 0.373. The molecule has 0 saturated heterocycles. The summed E-state index contributed by atoms with van der Waals surface area (Å²) >= 11 is 0. The fraction of sp³-hybridized carbons (Fsp3) is 0.565. The standard InChI is InChI=1S/C23H34N2O/c1-3-4-5-6-7-8-9-10-11-12-17-26-22-18-24-23(25-19-22)21-15-13-20(2)14-16-21/h13-16,18-19H,3-12,17H2,1-2H3. The second-order valence-electron chi connectivity index (χ2n) is 7.14. The third-order valence-electron chi connectivity index (χ3n) is 4.70. The fourth-order valence-electron chi connectivity index (χ4n) is 3.02. The lowest BCUT2D eigenvalue weighted by atomic mass is 10.1. The van der Waals surface area contributed by atoms with Crippen LogP contribution in [0.25, 0.3) is 11.4 Å². The van der Waals surface area contributed by atoms with E-state index in [1.165, 1.54) is 63.4 Å². The van der Waals surface area contributed by atoms with Gasteiger partial charge in [0.25, 0.3) is 0 Å². The Balaban J connectivity index is 1.54. The van der Waals surface area contributed by atoms with Crippen molar-refractivity contribution in [3.63, 3.8) is 0 Å². The molecule has 0 unspecified atom stereocenters. The normalized spacial score (nSPS) is 10.8. The molecule has 3 heteroatoms. The highest BCUT2D eigenvalue weighted by atomic mass is 16.5. The Morgan fingerprint density at radius 2 is 1.27 bits per heavy atom. The molecule has 0 amide bonds. The predicted octanol–water partition coefficient (Wildman–Crippen LogP) is 6.75. The highest BCUT2D eigenvalue weighted by molar-refractivity contribution is 5.55. The summed E-state index contributed by atoms with van der Waals surface area (Å²) in [6.07, 6.45) is 16.9. The van der Waals surface area contributed by atoms with E-state index in [2.05, 4.69) is 48.1 Å². The highest BCUT2D eigenvalue weighted by Gasteiger charge is 2.02. The van der Waals surface area contributed by atoms with Gasteiger partial charge in [-0.25, -0.2) is 9.97 Å². The summed E-state index contributed by atoms with van der Waals surface area (Å²) in [7, 11) is 0. The van der Waals surface area contributed by atoms with Crippen LogP contribution in [0.3, 0.4) is 0 Å². The number of ether oxygens (including phenoxy) is 1. The molecule has 142 valence electrons. The molecule has 0 spiro atoms. The second-order valence-corrected chi connectivity index (χ2v) is 7.14. The third kappa shape index (κ3) is 7.99. The number of rotatable bonds is 13. The molecular weight excluding hydrogens is 320 g/mol. The first-order chi connectivity index (χ1) is 12.8. The molecular formula is C23H34N2O. The largest absolute Gasteiger partial charge is 0.490 e. The molecule has 0 bridgehead atoms. The third-order valence-corrected chi connectivity index (χ3v) is 4.70. The van der Waals surface area contributed by atoms with E-state index in [4.69, 9.17) is 4.74 Å². The van der Waals surface area contributed by atoms with Gasteiger partial charge in [-0.15, -0.1) is 0 Å². The number of aromatic nitrogens is 2. The first-order valence-corrected chi connectivity index (χ1v) is 10.3. The van der Waals surface area contributed by atoms with Crippen LogP contribution in [0.4, 0.5) is 0 Å². The summed E-state index contributed by atoms with van der Waals surface area (Å²) in [5, 5.41) is 0. The monoisotopic (exact) mass is 354 g/mol. The van der Waals surface area contributed by atoms with Crippen molar-refractivity contribution in [1.29, 1.82) is 0 Å². The van der Waals surface area contributed by atoms with Crippen LogP contribution in [-0.2, 0) is 0 Å². The predicted molar refractivity (Wildman–Crippen MR) is 110 cm³/mol. The molecule has 0 fully saturated rings. The van der Waals surface area contributed by atoms with Gasteiger partial charge in [0.15, 0.2) is 11.6 Å². The van der Waals surface area contributed by atoms with Gasteiger partial charge in [-0.1, -0.05) is 94.5 Å². The van der Waals surface area contributed by atoms with Gasteiger partial charge in [0, 0.05) is 5.56 Å². The minimum absolute atomic E-state index is 0.747. The van der Waals surface area contributed by atoms with Crippen LogP contribution in [0.5, 0.6) is 5.75 Å². The maximum atomic E-state index is 5.76. The summed E-state index contributed by atoms with van der Waals surface area (Å²) in [4.78, 5) is 8.82. The van der Waals surface area contributed by atoms with Crippen molar-refractivity contribution in [3.05, 3.63) is 42.2 Å². The van der Waals surface area contributed by atoms with Crippen molar-refractivity contribution in [3.8, 4) is 17.1 Å². The Labute approximate surface area is 159 Å². The Morgan fingerprint density at radius 3 is 1.85 bits per heavy atom. The van der Waals surface area contributed by atoms with Gasteiger partial charge in [0.05, 0.1) is 19.0 Å². The molecule has 0 atom stereocenters. The van der Waals surface area contributed by atoms with Crippen LogP contribution in [0, 0.1) is 6.92 Å². The molecule has 2 rings (SSSR count). The van der Waals surface area contributed by atoms with Crippen molar-refractivity contribution in [2.24, 2.45) is 0 Å². The molecule has 0 aliphatic rings. The van der Waals surface area contributed by atoms with Gasteiger partial charge in [-0.2, -0.15) is 0 Å². The topological polar surface area (TPSA) is 35.0 Å². The average molecular weight is 355 g/mol. The van der Waals surface area contributed by atoms with Crippen LogP contribution in [0.2, 0.25) is 0 Å². The number of benzene rings is 1. The first-order valence-electron chi connectivity index (χ1n) is 10.3. The van der Waals surface area contributed by atoms with Crippen molar-refractivity contribution < 1.29 is 4.74 Å². The maximum absolute atomic E-state index is 5.76. The van der Waals surface area contributed by atoms with Crippen LogP contribution in [0.1, 0.15) is 76.7 Å². The van der Waals surface area contributed by atoms with E-state index in [9.17, 15) is 0 Å². The molecule has 26 heavy (non-hydrogen) atoms. The number of aryl methyl sites for hydroxylation is 1. The lowest BCUT2D eigenvalue weighted by molar-refractivity contribution is 0.302. The van der Waals surface area contributed by atoms with E-state index in [1.807, 2.05) is 0 Å². The molecule has 1 aromatic carbocycles. The lowest BCUT2D eigenvalue weighted by Gasteiger charge is -2.06. The van der Waals surface area contributed by atoms with Gasteiger partial charge < -0.3 is 4.74 Å². The summed E-state index contributed by atoms with van der Waals surface area (Å²) in [5.74, 6) is 1.51. The lowest BCUT2D eigenvalue weighted by Crippen LogP contribution is -1.99. The van der Waals surface area contributed by atoms with Crippen LogP contribution < -0.4 is 4.74 Å². The van der Waals surface area contributed by atoms with E-state index in [1.54, 1.807) is 12.4 Å². The van der Waals surface area contributed by atoms with E-state index in [0.717, 1.165) is 30.2 Å². The molecule has 0 saturated carbocycles. The summed E-state index contributed by atoms with van der Waals surface area (Å²) in [6, 6.07) is 8.26. The molecule has 0 radical (unpaired) electrons. The zero-order valence-electron chi connectivity index (χ0n) is 16.5. The smallest absolute Gasteiger partial charge is 0.159 e. The molecule has 2 aromatic rings. The number of nitrogens with zero attached hydrogens (tertiary/aromatic N) is 2. The zero-order valence-corrected chi connectivity index (χ0v) is 16.5. The van der Waals surface area contributed by atoms with Gasteiger partial charge >= 0.3 is 0 Å². The Kier molecular flexibility index (Phi) is 9.78. The summed E-state index contributed by atoms with van der Waals surface area (Å²) in [6.45, 7) is 5.10. The van der Waals surface area contributed by atoms with Gasteiger partial charge in [0.2, 0.25) is 0 Å². The number of hydrogen-bond acceptors (Lipinski definition) is 3. The SMILES string of the molecule is CCCCCCCCCCCCOc1cnc(-c2ccc(C)cc2)nc1. The number of unbranched alkanes of at least 4 members (excludes halogenated alkanes) is 9. The first kappa shape index (κ1) is 20.4. The molecule has 0 aliphatic heterocycles. The minimum atomic E-state index is 0.747. The van der Waals surface area contributed by atoms with Crippen LogP contribution in [0.15, 0.2) is 36.7 Å². The molecule has 1 aromatic heterocycles. The van der Waals surface area contributed by atoms with E-state index in [-0.39, 0.29) is 0 Å². The highest BCUT2D eigenvalue weighted by Crippen LogP contribution is 2.17. The van der Waals surface area contributed by atoms with E-state index < -0.39 is 0 Å². The summed E-state index contributed by atoms with van der Waals surface area (Å²) in [5.41, 5.74) is 2.28. The van der Waals surface area contributed by atoms with Crippen molar-refractivity contribution in [1.82, 2.24) is 9.97 Å². The summed E-state index contributed by atoms with van der Waals surface area (Å²) < 4.78 is 5.76. The van der Waals surface area contributed by atoms with Gasteiger partial charge in [0.1, 0.15) is 0 Å².